The summed E-state index contributed by atoms with van der Waals surface area (Å²) in [7, 11) is 0. The molecule has 1 aromatic carbocycles. The molecule has 1 fully saturated rings. The average Bonchev–Trinajstić information content (AvgIpc) is 2.96. The van der Waals surface area contributed by atoms with Crippen molar-refractivity contribution in [1.29, 1.82) is 0 Å². The van der Waals surface area contributed by atoms with E-state index in [9.17, 15) is 5.11 Å². The van der Waals surface area contributed by atoms with Crippen LogP contribution in [0.4, 0.5) is 5.82 Å². The Morgan fingerprint density at radius 2 is 1.71 bits per heavy atom. The van der Waals surface area contributed by atoms with Crippen LogP contribution in [0.5, 0.6) is 0 Å². The van der Waals surface area contributed by atoms with Gasteiger partial charge in [-0.1, -0.05) is 15.9 Å². The summed E-state index contributed by atoms with van der Waals surface area (Å²) in [5.74, 6) is 2.30. The van der Waals surface area contributed by atoms with Crippen molar-refractivity contribution < 1.29 is 5.11 Å². The molecule has 0 atom stereocenters. The summed E-state index contributed by atoms with van der Waals surface area (Å²) >= 11 is 5.42. The van der Waals surface area contributed by atoms with E-state index in [1.807, 2.05) is 6.92 Å². The van der Waals surface area contributed by atoms with Gasteiger partial charge in [-0.15, -0.1) is 11.3 Å². The standard InChI is InChI=1S/C22H26BrN3OS/c1-12-9-17(23)10-13(2)18(12)19-14(3)28-21-20(19)24-15(4)25-22(21)26-7-5-16(11-27)6-8-26/h9-10,16,27H,5-8,11H2,1-4H3. The quantitative estimate of drug-likeness (QED) is 0.556. The second kappa shape index (κ2) is 7.73. The predicted octanol–water partition coefficient (Wildman–Crippen LogP) is 5.56. The lowest BCUT2D eigenvalue weighted by atomic mass is 9.95. The monoisotopic (exact) mass is 459 g/mol. The van der Waals surface area contributed by atoms with Crippen LogP contribution >= 0.6 is 27.3 Å². The molecular weight excluding hydrogens is 434 g/mol. The fourth-order valence-electron chi connectivity index (χ4n) is 4.32. The Morgan fingerprint density at radius 3 is 2.32 bits per heavy atom. The lowest BCUT2D eigenvalue weighted by molar-refractivity contribution is 0.203. The summed E-state index contributed by atoms with van der Waals surface area (Å²) in [4.78, 5) is 13.4. The van der Waals surface area contributed by atoms with E-state index < -0.39 is 0 Å². The van der Waals surface area contributed by atoms with Gasteiger partial charge in [-0.2, -0.15) is 0 Å². The van der Waals surface area contributed by atoms with Gasteiger partial charge in [0, 0.05) is 34.6 Å². The first-order valence-corrected chi connectivity index (χ1v) is 11.4. The summed E-state index contributed by atoms with van der Waals surface area (Å²) < 4.78 is 2.30. The van der Waals surface area contributed by atoms with Gasteiger partial charge in [0.15, 0.2) is 0 Å². The highest BCUT2D eigenvalue weighted by Crippen LogP contribution is 2.44. The number of hydrogen-bond donors (Lipinski definition) is 1. The van der Waals surface area contributed by atoms with Crippen molar-refractivity contribution in [3.8, 4) is 11.1 Å². The maximum absolute atomic E-state index is 9.46. The molecule has 0 saturated carbocycles. The van der Waals surface area contributed by atoms with E-state index in [0.29, 0.717) is 5.92 Å². The highest BCUT2D eigenvalue weighted by atomic mass is 79.9. The van der Waals surface area contributed by atoms with Crippen molar-refractivity contribution in [2.45, 2.75) is 40.5 Å². The maximum Gasteiger partial charge on any atom is 0.150 e. The predicted molar refractivity (Wildman–Crippen MR) is 122 cm³/mol. The van der Waals surface area contributed by atoms with Gasteiger partial charge < -0.3 is 10.0 Å². The molecule has 148 valence electrons. The summed E-state index contributed by atoms with van der Waals surface area (Å²) in [6, 6.07) is 4.36. The first-order chi connectivity index (χ1) is 13.4. The van der Waals surface area contributed by atoms with E-state index in [-0.39, 0.29) is 6.61 Å². The van der Waals surface area contributed by atoms with Gasteiger partial charge in [-0.25, -0.2) is 9.97 Å². The van der Waals surface area contributed by atoms with E-state index in [2.05, 4.69) is 53.7 Å². The van der Waals surface area contributed by atoms with Crippen molar-refractivity contribution in [2.75, 3.05) is 24.6 Å². The number of fused-ring (bicyclic) bond motifs is 1. The fourth-order valence-corrected chi connectivity index (χ4v) is 6.13. The number of benzene rings is 1. The zero-order valence-corrected chi connectivity index (χ0v) is 19.2. The van der Waals surface area contributed by atoms with E-state index in [1.54, 1.807) is 11.3 Å². The minimum absolute atomic E-state index is 0.288. The topological polar surface area (TPSA) is 49.2 Å². The smallest absolute Gasteiger partial charge is 0.150 e. The van der Waals surface area contributed by atoms with Crippen molar-refractivity contribution in [3.05, 3.63) is 38.4 Å². The van der Waals surface area contributed by atoms with Gasteiger partial charge in [0.05, 0.1) is 10.2 Å². The van der Waals surface area contributed by atoms with Crippen LogP contribution < -0.4 is 4.90 Å². The van der Waals surface area contributed by atoms with Gasteiger partial charge in [-0.3, -0.25) is 0 Å². The van der Waals surface area contributed by atoms with Crippen LogP contribution in [0.2, 0.25) is 0 Å². The van der Waals surface area contributed by atoms with Crippen LogP contribution in [-0.2, 0) is 0 Å². The first kappa shape index (κ1) is 19.8. The molecule has 3 aromatic rings. The lowest BCUT2D eigenvalue weighted by Crippen LogP contribution is -2.35. The average molecular weight is 460 g/mol. The highest BCUT2D eigenvalue weighted by molar-refractivity contribution is 9.10. The van der Waals surface area contributed by atoms with E-state index >= 15 is 0 Å². The Labute approximate surface area is 178 Å². The third kappa shape index (κ3) is 3.46. The second-order valence-corrected chi connectivity index (χ2v) is 9.97. The summed E-state index contributed by atoms with van der Waals surface area (Å²) in [6.45, 7) is 10.7. The molecule has 0 radical (unpaired) electrons. The van der Waals surface area contributed by atoms with Crippen LogP contribution in [0.15, 0.2) is 16.6 Å². The molecule has 4 nitrogen and oxygen atoms in total. The maximum atomic E-state index is 9.46. The number of aliphatic hydroxyl groups excluding tert-OH is 1. The lowest BCUT2D eigenvalue weighted by Gasteiger charge is -2.32. The molecule has 1 saturated heterocycles. The van der Waals surface area contributed by atoms with Gasteiger partial charge in [0.1, 0.15) is 11.6 Å². The van der Waals surface area contributed by atoms with E-state index in [1.165, 1.54) is 31.8 Å². The van der Waals surface area contributed by atoms with Gasteiger partial charge >= 0.3 is 0 Å². The van der Waals surface area contributed by atoms with E-state index in [4.69, 9.17) is 9.97 Å². The third-order valence-electron chi connectivity index (χ3n) is 5.72. The van der Waals surface area contributed by atoms with Crippen LogP contribution in [-0.4, -0.2) is 34.8 Å². The number of anilines is 1. The third-order valence-corrected chi connectivity index (χ3v) is 7.27. The summed E-state index contributed by atoms with van der Waals surface area (Å²) in [5.41, 5.74) is 6.13. The molecule has 28 heavy (non-hydrogen) atoms. The number of hydrogen-bond acceptors (Lipinski definition) is 5. The van der Waals surface area contributed by atoms with Gasteiger partial charge in [-0.05, 0) is 75.3 Å². The zero-order chi connectivity index (χ0) is 20.0. The SMILES string of the molecule is Cc1nc(N2CCC(CO)CC2)c2sc(C)c(-c3c(C)cc(Br)cc3C)c2n1. The Kier molecular flexibility index (Phi) is 5.47. The Bertz CT molecular complexity index is 1010. The minimum atomic E-state index is 0.288. The van der Waals surface area contributed by atoms with Crippen LogP contribution in [0.1, 0.15) is 34.7 Å². The van der Waals surface area contributed by atoms with Crippen LogP contribution in [0, 0.1) is 33.6 Å². The highest BCUT2D eigenvalue weighted by Gasteiger charge is 2.25. The first-order valence-electron chi connectivity index (χ1n) is 9.79. The van der Waals surface area contributed by atoms with Crippen molar-refractivity contribution >= 4 is 43.3 Å². The molecule has 4 rings (SSSR count). The summed E-state index contributed by atoms with van der Waals surface area (Å²) in [5, 5.41) is 9.46. The minimum Gasteiger partial charge on any atom is -0.396 e. The van der Waals surface area contributed by atoms with Gasteiger partial charge in [0.2, 0.25) is 0 Å². The molecule has 3 heterocycles. The normalized spacial score (nSPS) is 15.6. The molecular formula is C22H26BrN3OS. The number of halogens is 1. The number of aryl methyl sites for hydroxylation is 4. The Hall–Kier alpha value is -1.50. The van der Waals surface area contributed by atoms with Crippen LogP contribution in [0.3, 0.4) is 0 Å². The largest absolute Gasteiger partial charge is 0.396 e. The van der Waals surface area contributed by atoms with Crippen LogP contribution in [0.25, 0.3) is 21.3 Å². The molecule has 0 aliphatic carbocycles. The number of piperidine rings is 1. The van der Waals surface area contributed by atoms with Crippen molar-refractivity contribution in [1.82, 2.24) is 9.97 Å². The zero-order valence-electron chi connectivity index (χ0n) is 16.8. The Balaban J connectivity index is 1.88. The number of aliphatic hydroxyl groups is 1. The van der Waals surface area contributed by atoms with Crippen molar-refractivity contribution in [3.63, 3.8) is 0 Å². The molecule has 1 aliphatic rings. The Morgan fingerprint density at radius 1 is 1.07 bits per heavy atom. The van der Waals surface area contributed by atoms with E-state index in [0.717, 1.165) is 47.6 Å². The molecule has 1 N–H and O–H groups in total. The fraction of sp³-hybridized carbons (Fsp3) is 0.455. The molecule has 2 aromatic heterocycles. The number of thiophene rings is 1. The van der Waals surface area contributed by atoms with Crippen molar-refractivity contribution in [2.24, 2.45) is 5.92 Å². The number of nitrogens with zero attached hydrogens (tertiary/aromatic N) is 3. The number of aromatic nitrogens is 2. The molecule has 6 heteroatoms. The molecule has 0 amide bonds. The second-order valence-electron chi connectivity index (χ2n) is 7.83. The molecule has 0 bridgehead atoms. The summed E-state index contributed by atoms with van der Waals surface area (Å²) in [6.07, 6.45) is 2.03. The number of rotatable bonds is 3. The van der Waals surface area contributed by atoms with Gasteiger partial charge in [0.25, 0.3) is 0 Å². The molecule has 0 unspecified atom stereocenters. The molecule has 1 aliphatic heterocycles. The molecule has 0 spiro atoms.